The Hall–Kier alpha value is -1.03. The first kappa shape index (κ1) is 9.21. The van der Waals surface area contributed by atoms with Crippen LogP contribution < -0.4 is 9.47 Å². The lowest BCUT2D eigenvalue weighted by Gasteiger charge is -2.24. The Bertz CT molecular complexity index is 393. The molecule has 0 radical (unpaired) electrons. The van der Waals surface area contributed by atoms with Crippen LogP contribution in [0.3, 0.4) is 0 Å². The standard InChI is InChI=1S/C11H12O3S/c12-9(7-2-1-3-7)11-10-8(6-15-11)13-4-5-14-10/h6-7H,1-5H2. The summed E-state index contributed by atoms with van der Waals surface area (Å²) in [7, 11) is 0. The molecule has 4 heteroatoms. The summed E-state index contributed by atoms with van der Waals surface area (Å²) in [6.07, 6.45) is 3.25. The smallest absolute Gasteiger partial charge is 0.183 e. The van der Waals surface area contributed by atoms with Crippen LogP contribution in [0.15, 0.2) is 5.38 Å². The number of rotatable bonds is 2. The van der Waals surface area contributed by atoms with E-state index in [0.29, 0.717) is 19.0 Å². The minimum Gasteiger partial charge on any atom is -0.485 e. The van der Waals surface area contributed by atoms with Crippen molar-refractivity contribution in [2.24, 2.45) is 5.92 Å². The van der Waals surface area contributed by atoms with Gasteiger partial charge in [-0.05, 0) is 12.8 Å². The van der Waals surface area contributed by atoms with E-state index >= 15 is 0 Å². The third kappa shape index (κ3) is 1.44. The quantitative estimate of drug-likeness (QED) is 0.724. The lowest BCUT2D eigenvalue weighted by Crippen LogP contribution is -2.22. The number of carbonyl (C=O) groups excluding carboxylic acids is 1. The maximum atomic E-state index is 12.0. The number of Topliss-reactive ketones (excluding diaryl/α,β-unsaturated/α-hetero) is 1. The largest absolute Gasteiger partial charge is 0.485 e. The predicted octanol–water partition coefficient (Wildman–Crippen LogP) is 2.50. The molecule has 15 heavy (non-hydrogen) atoms. The molecule has 0 aromatic carbocycles. The number of ketones is 1. The maximum absolute atomic E-state index is 12.0. The average molecular weight is 224 g/mol. The minimum atomic E-state index is 0.235. The van der Waals surface area contributed by atoms with Crippen molar-refractivity contribution in [1.29, 1.82) is 0 Å². The molecular weight excluding hydrogens is 212 g/mol. The van der Waals surface area contributed by atoms with Crippen LogP contribution in [-0.4, -0.2) is 19.0 Å². The minimum absolute atomic E-state index is 0.235. The molecule has 1 aromatic heterocycles. The fraction of sp³-hybridized carbons (Fsp3) is 0.545. The van der Waals surface area contributed by atoms with Gasteiger partial charge in [0.1, 0.15) is 18.1 Å². The molecular formula is C11H12O3S. The summed E-state index contributed by atoms with van der Waals surface area (Å²) in [5, 5.41) is 1.88. The number of hydrogen-bond acceptors (Lipinski definition) is 4. The number of fused-ring (bicyclic) bond motifs is 1. The zero-order valence-corrected chi connectivity index (χ0v) is 9.14. The summed E-state index contributed by atoms with van der Waals surface area (Å²) in [6.45, 7) is 1.13. The molecule has 2 heterocycles. The van der Waals surface area contributed by atoms with Crippen LogP contribution in [0.2, 0.25) is 0 Å². The van der Waals surface area contributed by atoms with Crippen molar-refractivity contribution in [3.8, 4) is 11.5 Å². The molecule has 3 rings (SSSR count). The molecule has 0 N–H and O–H groups in total. The van der Waals surface area contributed by atoms with E-state index in [1.54, 1.807) is 0 Å². The normalized spacial score (nSPS) is 19.7. The zero-order valence-electron chi connectivity index (χ0n) is 8.32. The van der Waals surface area contributed by atoms with Crippen molar-refractivity contribution in [2.75, 3.05) is 13.2 Å². The van der Waals surface area contributed by atoms with Gasteiger partial charge < -0.3 is 9.47 Å². The van der Waals surface area contributed by atoms with E-state index in [-0.39, 0.29) is 11.7 Å². The van der Waals surface area contributed by atoms with Gasteiger partial charge in [-0.2, -0.15) is 0 Å². The molecule has 0 saturated heterocycles. The highest BCUT2D eigenvalue weighted by Crippen LogP contribution is 2.42. The van der Waals surface area contributed by atoms with Gasteiger partial charge in [-0.15, -0.1) is 11.3 Å². The van der Waals surface area contributed by atoms with Crippen LogP contribution in [0.1, 0.15) is 28.9 Å². The fourth-order valence-corrected chi connectivity index (χ4v) is 2.84. The van der Waals surface area contributed by atoms with E-state index in [1.165, 1.54) is 17.8 Å². The van der Waals surface area contributed by atoms with Crippen molar-refractivity contribution in [3.63, 3.8) is 0 Å². The first-order valence-electron chi connectivity index (χ1n) is 5.27. The molecule has 3 nitrogen and oxygen atoms in total. The molecule has 0 atom stereocenters. The van der Waals surface area contributed by atoms with Crippen molar-refractivity contribution < 1.29 is 14.3 Å². The second kappa shape index (κ2) is 3.52. The van der Waals surface area contributed by atoms with E-state index in [0.717, 1.165) is 23.5 Å². The first-order chi connectivity index (χ1) is 7.36. The molecule has 0 amide bonds. The molecule has 0 bridgehead atoms. The van der Waals surface area contributed by atoms with Gasteiger partial charge in [0.15, 0.2) is 17.3 Å². The predicted molar refractivity (Wildman–Crippen MR) is 57.0 cm³/mol. The average Bonchev–Trinajstić information content (AvgIpc) is 2.58. The van der Waals surface area contributed by atoms with Gasteiger partial charge in [0.25, 0.3) is 0 Å². The van der Waals surface area contributed by atoms with Gasteiger partial charge in [0, 0.05) is 11.3 Å². The van der Waals surface area contributed by atoms with Crippen molar-refractivity contribution in [3.05, 3.63) is 10.3 Å². The van der Waals surface area contributed by atoms with Gasteiger partial charge >= 0.3 is 0 Å². The summed E-state index contributed by atoms with van der Waals surface area (Å²) in [6, 6.07) is 0. The molecule has 80 valence electrons. The Morgan fingerprint density at radius 2 is 2.13 bits per heavy atom. The van der Waals surface area contributed by atoms with Crippen molar-refractivity contribution >= 4 is 17.1 Å². The Morgan fingerprint density at radius 1 is 1.33 bits per heavy atom. The van der Waals surface area contributed by atoms with E-state index in [1.807, 2.05) is 5.38 Å². The lowest BCUT2D eigenvalue weighted by molar-refractivity contribution is 0.0851. The van der Waals surface area contributed by atoms with Crippen LogP contribution in [0.5, 0.6) is 11.5 Å². The zero-order chi connectivity index (χ0) is 10.3. The summed E-state index contributed by atoms with van der Waals surface area (Å²) < 4.78 is 10.9. The SMILES string of the molecule is O=C(c1scc2c1OCCO2)C1CCC1. The highest BCUT2D eigenvalue weighted by atomic mass is 32.1. The molecule has 1 saturated carbocycles. The van der Waals surface area contributed by atoms with Crippen LogP contribution in [-0.2, 0) is 0 Å². The van der Waals surface area contributed by atoms with Crippen LogP contribution >= 0.6 is 11.3 Å². The van der Waals surface area contributed by atoms with Gasteiger partial charge in [-0.25, -0.2) is 0 Å². The first-order valence-corrected chi connectivity index (χ1v) is 6.15. The van der Waals surface area contributed by atoms with E-state index in [9.17, 15) is 4.79 Å². The van der Waals surface area contributed by atoms with E-state index in [4.69, 9.17) is 9.47 Å². The number of ether oxygens (including phenoxy) is 2. The highest BCUT2D eigenvalue weighted by Gasteiger charge is 2.31. The van der Waals surface area contributed by atoms with Crippen molar-refractivity contribution in [1.82, 2.24) is 0 Å². The third-order valence-electron chi connectivity index (χ3n) is 3.00. The molecule has 1 aliphatic carbocycles. The number of carbonyl (C=O) groups is 1. The Morgan fingerprint density at radius 3 is 2.87 bits per heavy atom. The third-order valence-corrected chi connectivity index (χ3v) is 3.96. The fourth-order valence-electron chi connectivity index (χ4n) is 1.89. The second-order valence-corrected chi connectivity index (χ2v) is 4.83. The number of hydrogen-bond donors (Lipinski definition) is 0. The Labute approximate surface area is 92.0 Å². The summed E-state index contributed by atoms with van der Waals surface area (Å²) in [5.74, 6) is 1.91. The van der Waals surface area contributed by atoms with E-state index in [2.05, 4.69) is 0 Å². The maximum Gasteiger partial charge on any atom is 0.183 e. The molecule has 1 aliphatic heterocycles. The van der Waals surface area contributed by atoms with Gasteiger partial charge in [0.05, 0.1) is 0 Å². The van der Waals surface area contributed by atoms with Crippen LogP contribution in [0.4, 0.5) is 0 Å². The highest BCUT2D eigenvalue weighted by molar-refractivity contribution is 7.12. The number of thiophene rings is 1. The van der Waals surface area contributed by atoms with E-state index < -0.39 is 0 Å². The summed E-state index contributed by atoms with van der Waals surface area (Å²) >= 11 is 1.45. The Kier molecular flexibility index (Phi) is 2.16. The topological polar surface area (TPSA) is 35.5 Å². The molecule has 2 aliphatic rings. The molecule has 1 aromatic rings. The Balaban J connectivity index is 1.90. The van der Waals surface area contributed by atoms with Crippen LogP contribution in [0.25, 0.3) is 0 Å². The van der Waals surface area contributed by atoms with Crippen LogP contribution in [0, 0.1) is 5.92 Å². The summed E-state index contributed by atoms with van der Waals surface area (Å²) in [5.41, 5.74) is 0. The second-order valence-electron chi connectivity index (χ2n) is 3.95. The van der Waals surface area contributed by atoms with Gasteiger partial charge in [0.2, 0.25) is 0 Å². The van der Waals surface area contributed by atoms with Gasteiger partial charge in [-0.1, -0.05) is 6.42 Å². The monoisotopic (exact) mass is 224 g/mol. The van der Waals surface area contributed by atoms with Gasteiger partial charge in [-0.3, -0.25) is 4.79 Å². The molecule has 0 unspecified atom stereocenters. The summed E-state index contributed by atoms with van der Waals surface area (Å²) in [4.78, 5) is 12.8. The molecule has 0 spiro atoms. The van der Waals surface area contributed by atoms with Crippen molar-refractivity contribution in [2.45, 2.75) is 19.3 Å². The lowest BCUT2D eigenvalue weighted by atomic mass is 9.81. The molecule has 1 fully saturated rings.